The van der Waals surface area contributed by atoms with Crippen LogP contribution in [-0.2, 0) is 4.84 Å². The predicted molar refractivity (Wildman–Crippen MR) is 32.8 cm³/mol. The average molecular weight is 113 g/mol. The molecule has 1 aliphatic rings. The molecule has 0 fully saturated rings. The van der Waals surface area contributed by atoms with Crippen molar-refractivity contribution < 1.29 is 4.84 Å². The van der Waals surface area contributed by atoms with E-state index in [2.05, 4.69) is 19.0 Å². The lowest BCUT2D eigenvalue weighted by atomic mass is 9.90. The topological polar surface area (TPSA) is 21.6 Å². The predicted octanol–water partition coefficient (Wildman–Crippen LogP) is 1.42. The van der Waals surface area contributed by atoms with Gasteiger partial charge in [-0.05, 0) is 6.92 Å². The van der Waals surface area contributed by atoms with Crippen molar-refractivity contribution in [1.82, 2.24) is 0 Å². The van der Waals surface area contributed by atoms with Crippen molar-refractivity contribution in [2.24, 2.45) is 10.6 Å². The Hall–Kier alpha value is -0.530. The van der Waals surface area contributed by atoms with E-state index in [0.717, 1.165) is 12.3 Å². The number of oxime groups is 1. The summed E-state index contributed by atoms with van der Waals surface area (Å²) < 4.78 is 0. The van der Waals surface area contributed by atoms with Crippen molar-refractivity contribution in [2.45, 2.75) is 20.8 Å². The maximum atomic E-state index is 4.86. The van der Waals surface area contributed by atoms with Crippen LogP contribution in [0.1, 0.15) is 20.8 Å². The molecular formula is C6H11NO. The fourth-order valence-electron chi connectivity index (χ4n) is 0.518. The first-order valence-corrected chi connectivity index (χ1v) is 2.80. The highest BCUT2D eigenvalue weighted by Crippen LogP contribution is 2.22. The third-order valence-corrected chi connectivity index (χ3v) is 1.61. The molecule has 0 spiro atoms. The minimum absolute atomic E-state index is 0.181. The molecule has 0 bridgehead atoms. The van der Waals surface area contributed by atoms with Crippen molar-refractivity contribution in [1.29, 1.82) is 0 Å². The second-order valence-corrected chi connectivity index (χ2v) is 2.83. The van der Waals surface area contributed by atoms with E-state index in [1.54, 1.807) is 0 Å². The van der Waals surface area contributed by atoms with Crippen LogP contribution in [0.25, 0.3) is 0 Å². The molecule has 0 aliphatic carbocycles. The van der Waals surface area contributed by atoms with Crippen molar-refractivity contribution in [2.75, 3.05) is 6.61 Å². The first-order chi connectivity index (χ1) is 3.63. The van der Waals surface area contributed by atoms with Gasteiger partial charge >= 0.3 is 0 Å². The Labute approximate surface area is 49.5 Å². The van der Waals surface area contributed by atoms with Gasteiger partial charge in [-0.2, -0.15) is 0 Å². The standard InChI is InChI=1S/C6H11NO/c1-5-6(2,3)4-8-7-5/h4H2,1-3H3. The highest BCUT2D eigenvalue weighted by molar-refractivity contribution is 5.87. The molecule has 0 amide bonds. The van der Waals surface area contributed by atoms with Gasteiger partial charge in [0, 0.05) is 5.41 Å². The zero-order chi connectivity index (χ0) is 6.20. The van der Waals surface area contributed by atoms with Gasteiger partial charge in [0.15, 0.2) is 0 Å². The van der Waals surface area contributed by atoms with E-state index in [9.17, 15) is 0 Å². The van der Waals surface area contributed by atoms with Crippen LogP contribution in [0.2, 0.25) is 0 Å². The Morgan fingerprint density at radius 2 is 2.25 bits per heavy atom. The van der Waals surface area contributed by atoms with Crippen LogP contribution < -0.4 is 0 Å². The van der Waals surface area contributed by atoms with Gasteiger partial charge in [-0.25, -0.2) is 0 Å². The summed E-state index contributed by atoms with van der Waals surface area (Å²) in [5.41, 5.74) is 1.28. The average Bonchev–Trinajstić information content (AvgIpc) is 1.86. The zero-order valence-corrected chi connectivity index (χ0v) is 5.56. The van der Waals surface area contributed by atoms with E-state index >= 15 is 0 Å². The molecule has 0 saturated carbocycles. The molecule has 0 N–H and O–H groups in total. The van der Waals surface area contributed by atoms with Crippen LogP contribution in [-0.4, -0.2) is 12.3 Å². The molecule has 0 unspecified atom stereocenters. The molecule has 0 saturated heterocycles. The third-order valence-electron chi connectivity index (χ3n) is 1.61. The van der Waals surface area contributed by atoms with Gasteiger partial charge in [0.05, 0.1) is 5.71 Å². The fourth-order valence-corrected chi connectivity index (χ4v) is 0.518. The Kier molecular flexibility index (Phi) is 1.03. The smallest absolute Gasteiger partial charge is 0.127 e. The molecule has 0 aromatic heterocycles. The van der Waals surface area contributed by atoms with Crippen LogP contribution >= 0.6 is 0 Å². The summed E-state index contributed by atoms with van der Waals surface area (Å²) in [6, 6.07) is 0. The van der Waals surface area contributed by atoms with E-state index in [-0.39, 0.29) is 5.41 Å². The maximum Gasteiger partial charge on any atom is 0.127 e. The van der Waals surface area contributed by atoms with Gasteiger partial charge < -0.3 is 4.84 Å². The lowest BCUT2D eigenvalue weighted by Gasteiger charge is -2.12. The quantitative estimate of drug-likeness (QED) is 0.465. The highest BCUT2D eigenvalue weighted by Gasteiger charge is 2.27. The van der Waals surface area contributed by atoms with Gasteiger partial charge in [0.2, 0.25) is 0 Å². The molecule has 1 heterocycles. The molecule has 1 aliphatic heterocycles. The molecular weight excluding hydrogens is 102 g/mol. The molecule has 0 aromatic carbocycles. The minimum Gasteiger partial charge on any atom is -0.395 e. The molecule has 0 aromatic rings. The molecule has 46 valence electrons. The fraction of sp³-hybridized carbons (Fsp3) is 0.833. The second kappa shape index (κ2) is 1.47. The van der Waals surface area contributed by atoms with Gasteiger partial charge in [0.25, 0.3) is 0 Å². The highest BCUT2D eigenvalue weighted by atomic mass is 16.6. The van der Waals surface area contributed by atoms with Crippen LogP contribution in [0.4, 0.5) is 0 Å². The van der Waals surface area contributed by atoms with Crippen molar-refractivity contribution in [3.63, 3.8) is 0 Å². The van der Waals surface area contributed by atoms with Gasteiger partial charge in [-0.15, -0.1) is 0 Å². The van der Waals surface area contributed by atoms with E-state index in [1.807, 2.05) is 6.92 Å². The summed E-state index contributed by atoms with van der Waals surface area (Å²) in [5.74, 6) is 0. The maximum absolute atomic E-state index is 4.86. The minimum atomic E-state index is 0.181. The molecule has 1 rings (SSSR count). The summed E-state index contributed by atoms with van der Waals surface area (Å²) in [4.78, 5) is 4.86. The normalized spacial score (nSPS) is 24.6. The second-order valence-electron chi connectivity index (χ2n) is 2.83. The van der Waals surface area contributed by atoms with Crippen LogP contribution in [0, 0.1) is 5.41 Å². The third kappa shape index (κ3) is 0.703. The first kappa shape index (κ1) is 5.60. The summed E-state index contributed by atoms with van der Waals surface area (Å²) in [6.45, 7) is 6.98. The van der Waals surface area contributed by atoms with Crippen LogP contribution in [0.5, 0.6) is 0 Å². The number of hydrogen-bond donors (Lipinski definition) is 0. The number of rotatable bonds is 0. The van der Waals surface area contributed by atoms with E-state index in [1.165, 1.54) is 0 Å². The van der Waals surface area contributed by atoms with Crippen molar-refractivity contribution >= 4 is 5.71 Å². The number of hydrogen-bond acceptors (Lipinski definition) is 2. The van der Waals surface area contributed by atoms with Gasteiger partial charge in [-0.1, -0.05) is 19.0 Å². The Balaban J connectivity index is 2.73. The molecule has 2 heteroatoms. The van der Waals surface area contributed by atoms with Gasteiger partial charge in [0.1, 0.15) is 6.61 Å². The molecule has 0 radical (unpaired) electrons. The van der Waals surface area contributed by atoms with E-state index in [0.29, 0.717) is 0 Å². The molecule has 0 atom stereocenters. The van der Waals surface area contributed by atoms with Crippen molar-refractivity contribution in [3.8, 4) is 0 Å². The van der Waals surface area contributed by atoms with Crippen LogP contribution in [0.3, 0.4) is 0 Å². The van der Waals surface area contributed by atoms with Crippen molar-refractivity contribution in [3.05, 3.63) is 0 Å². The van der Waals surface area contributed by atoms with Gasteiger partial charge in [-0.3, -0.25) is 0 Å². The van der Waals surface area contributed by atoms with E-state index in [4.69, 9.17) is 4.84 Å². The van der Waals surface area contributed by atoms with Crippen LogP contribution in [0.15, 0.2) is 5.16 Å². The Morgan fingerprint density at radius 1 is 1.62 bits per heavy atom. The summed E-state index contributed by atoms with van der Waals surface area (Å²) in [6.07, 6.45) is 0. The Bertz CT molecular complexity index is 126. The Morgan fingerprint density at radius 3 is 2.38 bits per heavy atom. The summed E-state index contributed by atoms with van der Waals surface area (Å²) in [5, 5.41) is 3.81. The SMILES string of the molecule is CC1=NOCC1(C)C. The van der Waals surface area contributed by atoms with E-state index < -0.39 is 0 Å². The lowest BCUT2D eigenvalue weighted by Crippen LogP contribution is -2.20. The summed E-state index contributed by atoms with van der Waals surface area (Å²) in [7, 11) is 0. The lowest BCUT2D eigenvalue weighted by molar-refractivity contribution is 0.133. The largest absolute Gasteiger partial charge is 0.395 e. The first-order valence-electron chi connectivity index (χ1n) is 2.80. The molecule has 8 heavy (non-hydrogen) atoms. The monoisotopic (exact) mass is 113 g/mol. The molecule has 2 nitrogen and oxygen atoms in total. The number of nitrogens with zero attached hydrogens (tertiary/aromatic N) is 1. The zero-order valence-electron chi connectivity index (χ0n) is 5.56. The summed E-state index contributed by atoms with van der Waals surface area (Å²) >= 11 is 0.